The van der Waals surface area contributed by atoms with E-state index in [0.29, 0.717) is 0 Å². The van der Waals surface area contributed by atoms with E-state index in [-0.39, 0.29) is 0 Å². The van der Waals surface area contributed by atoms with Crippen LogP contribution in [0.15, 0.2) is 48.5 Å². The zero-order valence-corrected chi connectivity index (χ0v) is 8.55. The Balaban J connectivity index is 2.61. The van der Waals surface area contributed by atoms with Crippen molar-refractivity contribution in [2.75, 3.05) is 0 Å². The Morgan fingerprint density at radius 2 is 1.31 bits per heavy atom. The predicted octanol–water partition coefficient (Wildman–Crippen LogP) is 3.20. The summed E-state index contributed by atoms with van der Waals surface area (Å²) in [6.45, 7) is 0. The predicted molar refractivity (Wildman–Crippen MR) is 64.6 cm³/mol. The number of benzene rings is 2. The standard InChI is InChI=1S/C14H9NO/c16-9-12-10-5-1-3-7-13(10)15-14-8-4-2-6-11(12)14/h1-9H. The lowest BCUT2D eigenvalue weighted by Gasteiger charge is -2.04. The van der Waals surface area contributed by atoms with Crippen molar-refractivity contribution in [1.82, 2.24) is 4.98 Å². The molecule has 1 heterocycles. The summed E-state index contributed by atoms with van der Waals surface area (Å²) >= 11 is 0. The maximum absolute atomic E-state index is 11.2. The summed E-state index contributed by atoms with van der Waals surface area (Å²) in [7, 11) is 0. The molecule has 0 saturated heterocycles. The molecule has 0 saturated carbocycles. The highest BCUT2D eigenvalue weighted by molar-refractivity contribution is 6.09. The van der Waals surface area contributed by atoms with Gasteiger partial charge in [0.1, 0.15) is 0 Å². The number of fused-ring (bicyclic) bond motifs is 2. The molecule has 3 aromatic rings. The molecule has 16 heavy (non-hydrogen) atoms. The Bertz CT molecular complexity index is 634. The van der Waals surface area contributed by atoms with Crippen molar-refractivity contribution in [1.29, 1.82) is 0 Å². The summed E-state index contributed by atoms with van der Waals surface area (Å²) in [4.78, 5) is 15.7. The van der Waals surface area contributed by atoms with Crippen LogP contribution < -0.4 is 0 Å². The second-order valence-electron chi connectivity index (χ2n) is 3.68. The topological polar surface area (TPSA) is 30.0 Å². The zero-order valence-electron chi connectivity index (χ0n) is 8.55. The first-order valence-corrected chi connectivity index (χ1v) is 5.13. The van der Waals surface area contributed by atoms with Gasteiger partial charge in [-0.25, -0.2) is 4.98 Å². The molecule has 0 spiro atoms. The molecule has 0 aliphatic rings. The van der Waals surface area contributed by atoms with Crippen LogP contribution in [-0.2, 0) is 0 Å². The lowest BCUT2D eigenvalue weighted by Crippen LogP contribution is -1.90. The van der Waals surface area contributed by atoms with Gasteiger partial charge in [0.2, 0.25) is 0 Å². The van der Waals surface area contributed by atoms with Crippen LogP contribution in [0.2, 0.25) is 0 Å². The molecule has 76 valence electrons. The Morgan fingerprint density at radius 1 is 0.812 bits per heavy atom. The Morgan fingerprint density at radius 3 is 1.81 bits per heavy atom. The molecule has 0 unspecified atom stereocenters. The van der Waals surface area contributed by atoms with Crippen LogP contribution in [0.1, 0.15) is 10.4 Å². The first-order valence-electron chi connectivity index (χ1n) is 5.13. The number of rotatable bonds is 1. The van der Waals surface area contributed by atoms with Gasteiger partial charge in [0.15, 0.2) is 6.29 Å². The van der Waals surface area contributed by atoms with E-state index in [2.05, 4.69) is 4.98 Å². The van der Waals surface area contributed by atoms with E-state index in [9.17, 15) is 4.79 Å². The van der Waals surface area contributed by atoms with Crippen LogP contribution in [0, 0.1) is 0 Å². The Kier molecular flexibility index (Phi) is 1.93. The number of aldehydes is 1. The summed E-state index contributed by atoms with van der Waals surface area (Å²) in [6.07, 6.45) is 0.909. The summed E-state index contributed by atoms with van der Waals surface area (Å²) in [5.41, 5.74) is 2.45. The SMILES string of the molecule is O=Cc1c2ccccc2nc2ccccc12. The highest BCUT2D eigenvalue weighted by atomic mass is 16.1. The van der Waals surface area contributed by atoms with Crippen LogP contribution in [0.3, 0.4) is 0 Å². The fraction of sp³-hybridized carbons (Fsp3) is 0. The quantitative estimate of drug-likeness (QED) is 0.453. The summed E-state index contributed by atoms with van der Waals surface area (Å²) < 4.78 is 0. The Hall–Kier alpha value is -2.22. The molecule has 3 rings (SSSR count). The van der Waals surface area contributed by atoms with Gasteiger partial charge in [-0.05, 0) is 12.1 Å². The third-order valence-electron chi connectivity index (χ3n) is 2.75. The van der Waals surface area contributed by atoms with Crippen LogP contribution in [-0.4, -0.2) is 11.3 Å². The lowest BCUT2D eigenvalue weighted by atomic mass is 10.0. The largest absolute Gasteiger partial charge is 0.298 e. The van der Waals surface area contributed by atoms with Gasteiger partial charge in [-0.3, -0.25) is 4.79 Å². The zero-order chi connectivity index (χ0) is 11.0. The highest BCUT2D eigenvalue weighted by Crippen LogP contribution is 2.23. The van der Waals surface area contributed by atoms with E-state index < -0.39 is 0 Å². The fourth-order valence-electron chi connectivity index (χ4n) is 2.00. The van der Waals surface area contributed by atoms with Crippen LogP contribution in [0.25, 0.3) is 21.8 Å². The van der Waals surface area contributed by atoms with E-state index in [1.807, 2.05) is 48.5 Å². The summed E-state index contributed by atoms with van der Waals surface area (Å²) in [5, 5.41) is 1.83. The van der Waals surface area contributed by atoms with Gasteiger partial charge in [-0.2, -0.15) is 0 Å². The molecule has 0 N–H and O–H groups in total. The van der Waals surface area contributed by atoms with Crippen molar-refractivity contribution in [3.05, 3.63) is 54.1 Å². The third kappa shape index (κ3) is 1.20. The van der Waals surface area contributed by atoms with Crippen molar-refractivity contribution in [2.45, 2.75) is 0 Å². The smallest absolute Gasteiger partial charge is 0.151 e. The fourth-order valence-corrected chi connectivity index (χ4v) is 2.00. The molecule has 0 amide bonds. The number of hydrogen-bond acceptors (Lipinski definition) is 2. The van der Waals surface area contributed by atoms with Gasteiger partial charge in [-0.1, -0.05) is 36.4 Å². The molecule has 0 atom stereocenters. The van der Waals surface area contributed by atoms with Crippen LogP contribution in [0.4, 0.5) is 0 Å². The molecule has 0 radical (unpaired) electrons. The number of nitrogens with zero attached hydrogens (tertiary/aromatic N) is 1. The molecule has 0 aliphatic heterocycles. The minimum Gasteiger partial charge on any atom is -0.298 e. The summed E-state index contributed by atoms with van der Waals surface area (Å²) in [5.74, 6) is 0. The van der Waals surface area contributed by atoms with E-state index in [1.54, 1.807) is 0 Å². The third-order valence-corrected chi connectivity index (χ3v) is 2.75. The van der Waals surface area contributed by atoms with Gasteiger partial charge in [0, 0.05) is 16.3 Å². The first kappa shape index (κ1) is 9.04. The number of hydrogen-bond donors (Lipinski definition) is 0. The molecular weight excluding hydrogens is 198 g/mol. The summed E-state index contributed by atoms with van der Waals surface area (Å²) in [6, 6.07) is 15.4. The van der Waals surface area contributed by atoms with E-state index >= 15 is 0 Å². The Labute approximate surface area is 92.5 Å². The van der Waals surface area contributed by atoms with Gasteiger partial charge in [0.25, 0.3) is 0 Å². The molecule has 2 heteroatoms. The molecule has 0 fully saturated rings. The molecular formula is C14H9NO. The number of aromatic nitrogens is 1. The first-order chi connectivity index (χ1) is 7.90. The van der Waals surface area contributed by atoms with Crippen molar-refractivity contribution in [3.8, 4) is 0 Å². The van der Waals surface area contributed by atoms with Crippen molar-refractivity contribution in [3.63, 3.8) is 0 Å². The monoisotopic (exact) mass is 207 g/mol. The molecule has 2 nitrogen and oxygen atoms in total. The maximum Gasteiger partial charge on any atom is 0.151 e. The average molecular weight is 207 g/mol. The average Bonchev–Trinajstić information content (AvgIpc) is 2.36. The normalized spacial score (nSPS) is 10.8. The van der Waals surface area contributed by atoms with Gasteiger partial charge in [0.05, 0.1) is 11.0 Å². The second kappa shape index (κ2) is 3.42. The minimum absolute atomic E-state index is 0.723. The molecule has 1 aromatic heterocycles. The molecule has 0 aliphatic carbocycles. The number of carbonyl (C=O) groups is 1. The second-order valence-corrected chi connectivity index (χ2v) is 3.68. The molecule has 0 bridgehead atoms. The maximum atomic E-state index is 11.2. The van der Waals surface area contributed by atoms with Crippen molar-refractivity contribution >= 4 is 28.1 Å². The lowest BCUT2D eigenvalue weighted by molar-refractivity contribution is 0.112. The van der Waals surface area contributed by atoms with Crippen LogP contribution in [0.5, 0.6) is 0 Å². The molecule has 2 aromatic carbocycles. The van der Waals surface area contributed by atoms with Crippen molar-refractivity contribution in [2.24, 2.45) is 0 Å². The van der Waals surface area contributed by atoms with E-state index in [4.69, 9.17) is 0 Å². The number of para-hydroxylation sites is 2. The number of pyridine rings is 1. The van der Waals surface area contributed by atoms with Gasteiger partial charge in [-0.15, -0.1) is 0 Å². The van der Waals surface area contributed by atoms with E-state index in [1.165, 1.54) is 0 Å². The minimum atomic E-state index is 0.723. The highest BCUT2D eigenvalue weighted by Gasteiger charge is 2.06. The van der Waals surface area contributed by atoms with Crippen molar-refractivity contribution < 1.29 is 4.79 Å². The van der Waals surface area contributed by atoms with Crippen LogP contribution >= 0.6 is 0 Å². The number of carbonyl (C=O) groups excluding carboxylic acids is 1. The van der Waals surface area contributed by atoms with Gasteiger partial charge >= 0.3 is 0 Å². The van der Waals surface area contributed by atoms with E-state index in [0.717, 1.165) is 33.7 Å². The van der Waals surface area contributed by atoms with Gasteiger partial charge < -0.3 is 0 Å².